The van der Waals surface area contributed by atoms with Crippen LogP contribution in [0.2, 0.25) is 0 Å². The lowest BCUT2D eigenvalue weighted by molar-refractivity contribution is -0.130. The van der Waals surface area contributed by atoms with Crippen molar-refractivity contribution in [2.24, 2.45) is 5.41 Å². The van der Waals surface area contributed by atoms with E-state index in [-0.39, 0.29) is 0 Å². The molecule has 78 valence electrons. The van der Waals surface area contributed by atoms with Crippen molar-refractivity contribution in [1.82, 2.24) is 10.4 Å². The van der Waals surface area contributed by atoms with Crippen molar-refractivity contribution in [1.29, 1.82) is 0 Å². The van der Waals surface area contributed by atoms with Crippen molar-refractivity contribution in [3.8, 4) is 0 Å². The van der Waals surface area contributed by atoms with Crippen LogP contribution in [0.3, 0.4) is 0 Å². The number of nitrogens with zero attached hydrogens (tertiary/aromatic N) is 1. The van der Waals surface area contributed by atoms with Crippen LogP contribution in [0.15, 0.2) is 0 Å². The van der Waals surface area contributed by atoms with E-state index >= 15 is 0 Å². The third-order valence-electron chi connectivity index (χ3n) is 2.98. The molecule has 1 heterocycles. The van der Waals surface area contributed by atoms with Gasteiger partial charge in [-0.25, -0.2) is 0 Å². The maximum Gasteiger partial charge on any atom is 0.0575 e. The molecule has 1 N–H and O–H groups in total. The Morgan fingerprint density at radius 3 is 2.77 bits per heavy atom. The summed E-state index contributed by atoms with van der Waals surface area (Å²) in [6.07, 6.45) is 3.85. The fraction of sp³-hybridized carbons (Fsp3) is 1.00. The number of nitrogens with one attached hydrogen (secondary N) is 1. The Morgan fingerprint density at radius 1 is 1.54 bits per heavy atom. The van der Waals surface area contributed by atoms with Gasteiger partial charge in [0.1, 0.15) is 0 Å². The van der Waals surface area contributed by atoms with Gasteiger partial charge in [0.25, 0.3) is 0 Å². The van der Waals surface area contributed by atoms with Gasteiger partial charge in [-0.05, 0) is 24.8 Å². The molecule has 3 nitrogen and oxygen atoms in total. The van der Waals surface area contributed by atoms with Crippen molar-refractivity contribution in [2.75, 3.05) is 33.8 Å². The Kier molecular flexibility index (Phi) is 4.16. The van der Waals surface area contributed by atoms with Crippen LogP contribution in [0, 0.1) is 5.41 Å². The number of hydroxylamine groups is 2. The first kappa shape index (κ1) is 11.0. The molecule has 0 aromatic heterocycles. The molecule has 0 aromatic rings. The van der Waals surface area contributed by atoms with Crippen molar-refractivity contribution < 1.29 is 4.84 Å². The second kappa shape index (κ2) is 4.94. The molecule has 0 amide bonds. The average molecular weight is 186 g/mol. The lowest BCUT2D eigenvalue weighted by atomic mass is 9.82. The summed E-state index contributed by atoms with van der Waals surface area (Å²) in [6, 6.07) is 0. The van der Waals surface area contributed by atoms with E-state index in [1.54, 1.807) is 7.11 Å². The maximum atomic E-state index is 5.19. The summed E-state index contributed by atoms with van der Waals surface area (Å²) in [7, 11) is 3.75. The fourth-order valence-corrected chi connectivity index (χ4v) is 2.29. The van der Waals surface area contributed by atoms with Gasteiger partial charge in [-0.15, -0.1) is 0 Å². The smallest absolute Gasteiger partial charge is 0.0575 e. The minimum absolute atomic E-state index is 0.458. The van der Waals surface area contributed by atoms with E-state index in [1.165, 1.54) is 19.3 Å². The molecule has 0 saturated carbocycles. The lowest BCUT2D eigenvalue weighted by Crippen LogP contribution is -2.36. The van der Waals surface area contributed by atoms with Crippen LogP contribution in [-0.4, -0.2) is 38.9 Å². The molecule has 0 radical (unpaired) electrons. The van der Waals surface area contributed by atoms with Crippen molar-refractivity contribution in [2.45, 2.75) is 26.2 Å². The van der Waals surface area contributed by atoms with Gasteiger partial charge in [0.05, 0.1) is 7.11 Å². The first-order chi connectivity index (χ1) is 6.22. The molecular formula is C10H22N2O. The van der Waals surface area contributed by atoms with Gasteiger partial charge in [0, 0.05) is 20.1 Å². The molecule has 13 heavy (non-hydrogen) atoms. The molecule has 0 bridgehead atoms. The third kappa shape index (κ3) is 2.93. The van der Waals surface area contributed by atoms with E-state index < -0.39 is 0 Å². The molecule has 0 spiro atoms. The Balaban J connectivity index is 2.46. The van der Waals surface area contributed by atoms with E-state index in [0.29, 0.717) is 5.41 Å². The molecule has 0 aliphatic carbocycles. The first-order valence-electron chi connectivity index (χ1n) is 5.18. The van der Waals surface area contributed by atoms with Crippen LogP contribution in [0.25, 0.3) is 0 Å². The maximum absolute atomic E-state index is 5.19. The van der Waals surface area contributed by atoms with E-state index in [0.717, 1.165) is 19.6 Å². The Morgan fingerprint density at radius 2 is 2.31 bits per heavy atom. The van der Waals surface area contributed by atoms with Crippen LogP contribution in [0.1, 0.15) is 26.2 Å². The Hall–Kier alpha value is -0.120. The molecule has 1 aliphatic rings. The SMILES string of the molecule is CCCC1(CN(C)OC)CCNC1. The van der Waals surface area contributed by atoms with Crippen LogP contribution < -0.4 is 5.32 Å². The number of hydrogen-bond donors (Lipinski definition) is 1. The van der Waals surface area contributed by atoms with Gasteiger partial charge < -0.3 is 10.2 Å². The van der Waals surface area contributed by atoms with Gasteiger partial charge in [-0.2, -0.15) is 5.06 Å². The van der Waals surface area contributed by atoms with Gasteiger partial charge >= 0.3 is 0 Å². The monoisotopic (exact) mass is 186 g/mol. The standard InChI is InChI=1S/C10H22N2O/c1-4-5-10(6-7-11-8-10)9-12(2)13-3/h11H,4-9H2,1-3H3. The highest BCUT2D eigenvalue weighted by Gasteiger charge is 2.33. The lowest BCUT2D eigenvalue weighted by Gasteiger charge is -2.31. The summed E-state index contributed by atoms with van der Waals surface area (Å²) in [6.45, 7) is 5.61. The molecule has 1 aliphatic heterocycles. The summed E-state index contributed by atoms with van der Waals surface area (Å²) in [5.41, 5.74) is 0.458. The molecule has 1 atom stereocenters. The fourth-order valence-electron chi connectivity index (χ4n) is 2.29. The summed E-state index contributed by atoms with van der Waals surface area (Å²) in [4.78, 5) is 5.19. The zero-order valence-electron chi connectivity index (χ0n) is 9.10. The highest BCUT2D eigenvalue weighted by molar-refractivity contribution is 4.88. The normalized spacial score (nSPS) is 28.6. The summed E-state index contributed by atoms with van der Waals surface area (Å²) in [5.74, 6) is 0. The quantitative estimate of drug-likeness (QED) is 0.654. The van der Waals surface area contributed by atoms with E-state index in [2.05, 4.69) is 12.2 Å². The van der Waals surface area contributed by atoms with Gasteiger partial charge in [0.15, 0.2) is 0 Å². The predicted octanol–water partition coefficient (Wildman–Crippen LogP) is 1.26. The molecule has 1 rings (SSSR count). The first-order valence-corrected chi connectivity index (χ1v) is 5.18. The topological polar surface area (TPSA) is 24.5 Å². The van der Waals surface area contributed by atoms with Gasteiger partial charge in [-0.1, -0.05) is 13.3 Å². The number of rotatable bonds is 5. The van der Waals surface area contributed by atoms with E-state index in [9.17, 15) is 0 Å². The van der Waals surface area contributed by atoms with Gasteiger partial charge in [-0.3, -0.25) is 0 Å². The highest BCUT2D eigenvalue weighted by atomic mass is 16.7. The molecule has 1 saturated heterocycles. The molecule has 3 heteroatoms. The molecular weight excluding hydrogens is 164 g/mol. The summed E-state index contributed by atoms with van der Waals surface area (Å²) >= 11 is 0. The van der Waals surface area contributed by atoms with Crippen molar-refractivity contribution in [3.63, 3.8) is 0 Å². The van der Waals surface area contributed by atoms with Crippen molar-refractivity contribution in [3.05, 3.63) is 0 Å². The molecule has 1 unspecified atom stereocenters. The zero-order chi connectivity index (χ0) is 9.73. The van der Waals surface area contributed by atoms with E-state index in [4.69, 9.17) is 4.84 Å². The second-order valence-corrected chi connectivity index (χ2v) is 4.15. The molecule has 0 aromatic carbocycles. The van der Waals surface area contributed by atoms with Crippen LogP contribution in [0.4, 0.5) is 0 Å². The third-order valence-corrected chi connectivity index (χ3v) is 2.98. The zero-order valence-corrected chi connectivity index (χ0v) is 9.10. The highest BCUT2D eigenvalue weighted by Crippen LogP contribution is 2.31. The van der Waals surface area contributed by atoms with E-state index in [1.807, 2.05) is 12.1 Å². The number of hydrogen-bond acceptors (Lipinski definition) is 3. The largest absolute Gasteiger partial charge is 0.316 e. The van der Waals surface area contributed by atoms with Crippen LogP contribution in [-0.2, 0) is 4.84 Å². The van der Waals surface area contributed by atoms with Gasteiger partial charge in [0.2, 0.25) is 0 Å². The van der Waals surface area contributed by atoms with Crippen molar-refractivity contribution >= 4 is 0 Å². The molecule has 1 fully saturated rings. The minimum Gasteiger partial charge on any atom is -0.316 e. The van der Waals surface area contributed by atoms with Crippen LogP contribution in [0.5, 0.6) is 0 Å². The summed E-state index contributed by atoms with van der Waals surface area (Å²) in [5, 5.41) is 5.39. The Labute approximate surface area is 81.4 Å². The summed E-state index contributed by atoms with van der Waals surface area (Å²) < 4.78 is 0. The average Bonchev–Trinajstić information content (AvgIpc) is 2.54. The Bertz CT molecular complexity index is 144. The van der Waals surface area contributed by atoms with Crippen LogP contribution >= 0.6 is 0 Å². The minimum atomic E-state index is 0.458. The second-order valence-electron chi connectivity index (χ2n) is 4.15. The predicted molar refractivity (Wildman–Crippen MR) is 54.5 cm³/mol.